The third-order valence-corrected chi connectivity index (χ3v) is 2.85. The SMILES string of the molecule is S=C1CC(Br)=CC=C1c1c[c]ccn1. The minimum absolute atomic E-state index is 0.789. The molecule has 14 heavy (non-hydrogen) atoms. The first-order valence-electron chi connectivity index (χ1n) is 4.19. The Balaban J connectivity index is 2.41. The second-order valence-corrected chi connectivity index (χ2v) is 4.45. The Morgan fingerprint density at radius 3 is 2.93 bits per heavy atom. The van der Waals surface area contributed by atoms with Crippen LogP contribution in [0.25, 0.3) is 5.57 Å². The van der Waals surface area contributed by atoms with Gasteiger partial charge in [-0.3, -0.25) is 4.98 Å². The van der Waals surface area contributed by atoms with Gasteiger partial charge in [0.25, 0.3) is 0 Å². The Kier molecular flexibility index (Phi) is 2.89. The number of thiocarbonyl (C=S) groups is 1. The highest BCUT2D eigenvalue weighted by molar-refractivity contribution is 9.11. The molecule has 2 rings (SSSR count). The van der Waals surface area contributed by atoms with E-state index in [1.54, 1.807) is 12.3 Å². The Morgan fingerprint density at radius 1 is 1.43 bits per heavy atom. The van der Waals surface area contributed by atoms with Crippen LogP contribution in [0.15, 0.2) is 35.0 Å². The molecule has 1 heterocycles. The summed E-state index contributed by atoms with van der Waals surface area (Å²) in [6, 6.07) is 6.63. The van der Waals surface area contributed by atoms with E-state index in [2.05, 4.69) is 27.0 Å². The molecule has 1 aliphatic rings. The van der Waals surface area contributed by atoms with Crippen LogP contribution in [-0.2, 0) is 0 Å². The topological polar surface area (TPSA) is 12.9 Å². The summed E-state index contributed by atoms with van der Waals surface area (Å²) in [5.41, 5.74) is 1.92. The molecule has 69 valence electrons. The van der Waals surface area contributed by atoms with E-state index in [1.807, 2.05) is 18.2 Å². The lowest BCUT2D eigenvalue weighted by Gasteiger charge is -2.11. The number of nitrogens with zero attached hydrogens (tertiary/aromatic N) is 1. The second kappa shape index (κ2) is 4.15. The lowest BCUT2D eigenvalue weighted by Crippen LogP contribution is -2.03. The maximum atomic E-state index is 5.29. The Bertz CT molecular complexity index is 420. The zero-order valence-corrected chi connectivity index (χ0v) is 9.73. The number of hydrogen-bond acceptors (Lipinski definition) is 2. The van der Waals surface area contributed by atoms with Crippen molar-refractivity contribution in [2.45, 2.75) is 6.42 Å². The highest BCUT2D eigenvalue weighted by Gasteiger charge is 2.12. The standard InChI is InChI=1S/C11H7BrNS/c12-8-4-5-9(11(14)7-8)10-3-1-2-6-13-10/h2-6H,7H2. The summed E-state index contributed by atoms with van der Waals surface area (Å²) in [7, 11) is 0. The lowest BCUT2D eigenvalue weighted by molar-refractivity contribution is 1.27. The first-order chi connectivity index (χ1) is 6.77. The maximum Gasteiger partial charge on any atom is 0.0719 e. The smallest absolute Gasteiger partial charge is 0.0719 e. The van der Waals surface area contributed by atoms with E-state index in [0.29, 0.717) is 0 Å². The van der Waals surface area contributed by atoms with Crippen LogP contribution in [0.2, 0.25) is 0 Å². The van der Waals surface area contributed by atoms with Crippen molar-refractivity contribution < 1.29 is 0 Å². The Labute approximate surface area is 96.7 Å². The van der Waals surface area contributed by atoms with E-state index in [1.165, 1.54) is 0 Å². The quantitative estimate of drug-likeness (QED) is 0.722. The summed E-state index contributed by atoms with van der Waals surface area (Å²) in [4.78, 5) is 5.17. The van der Waals surface area contributed by atoms with Gasteiger partial charge >= 0.3 is 0 Å². The molecule has 0 aromatic carbocycles. The summed E-state index contributed by atoms with van der Waals surface area (Å²) in [6.45, 7) is 0. The summed E-state index contributed by atoms with van der Waals surface area (Å²) >= 11 is 8.72. The molecular weight excluding hydrogens is 258 g/mol. The molecule has 1 nitrogen and oxygen atoms in total. The molecule has 0 aliphatic heterocycles. The number of allylic oxidation sites excluding steroid dienone is 4. The van der Waals surface area contributed by atoms with E-state index in [-0.39, 0.29) is 0 Å². The molecule has 0 atom stereocenters. The molecule has 1 aromatic rings. The molecule has 0 amide bonds. The molecular formula is C11H7BrNS. The van der Waals surface area contributed by atoms with Gasteiger partial charge in [0.1, 0.15) is 0 Å². The molecule has 0 saturated heterocycles. The third-order valence-electron chi connectivity index (χ3n) is 1.94. The van der Waals surface area contributed by atoms with E-state index >= 15 is 0 Å². The fourth-order valence-corrected chi connectivity index (χ4v) is 2.20. The summed E-state index contributed by atoms with van der Waals surface area (Å²) < 4.78 is 1.12. The van der Waals surface area contributed by atoms with Gasteiger partial charge in [0.15, 0.2) is 0 Å². The largest absolute Gasteiger partial charge is 0.256 e. The molecule has 1 aromatic heterocycles. The zero-order valence-electron chi connectivity index (χ0n) is 7.33. The van der Waals surface area contributed by atoms with Gasteiger partial charge < -0.3 is 0 Å². The molecule has 0 N–H and O–H groups in total. The minimum atomic E-state index is 0.789. The van der Waals surface area contributed by atoms with Crippen LogP contribution in [0.5, 0.6) is 0 Å². The van der Waals surface area contributed by atoms with Crippen molar-refractivity contribution >= 4 is 38.6 Å². The monoisotopic (exact) mass is 264 g/mol. The normalized spacial score (nSPS) is 16.2. The van der Waals surface area contributed by atoms with Crippen LogP contribution in [0.4, 0.5) is 0 Å². The fraction of sp³-hybridized carbons (Fsp3) is 0.0909. The Hall–Kier alpha value is -0.800. The van der Waals surface area contributed by atoms with Crippen LogP contribution >= 0.6 is 28.1 Å². The van der Waals surface area contributed by atoms with Crippen molar-refractivity contribution in [3.05, 3.63) is 46.7 Å². The predicted octanol–water partition coefficient (Wildman–Crippen LogP) is 3.32. The van der Waals surface area contributed by atoms with Crippen LogP contribution in [0.1, 0.15) is 12.1 Å². The van der Waals surface area contributed by atoms with Crippen LogP contribution in [-0.4, -0.2) is 9.85 Å². The Morgan fingerprint density at radius 2 is 2.29 bits per heavy atom. The summed E-state index contributed by atoms with van der Waals surface area (Å²) in [5.74, 6) is 0. The van der Waals surface area contributed by atoms with Crippen LogP contribution < -0.4 is 0 Å². The molecule has 3 heteroatoms. The average Bonchev–Trinajstić information content (AvgIpc) is 2.19. The highest BCUT2D eigenvalue weighted by atomic mass is 79.9. The van der Waals surface area contributed by atoms with Gasteiger partial charge in [-0.05, 0) is 18.2 Å². The van der Waals surface area contributed by atoms with E-state index in [9.17, 15) is 0 Å². The molecule has 0 fully saturated rings. The summed E-state index contributed by atoms with van der Waals surface area (Å²) in [5, 5.41) is 0. The molecule has 0 spiro atoms. The van der Waals surface area contributed by atoms with Crippen LogP contribution in [0, 0.1) is 6.07 Å². The van der Waals surface area contributed by atoms with Gasteiger partial charge in [0.05, 0.1) is 5.69 Å². The number of pyridine rings is 1. The van der Waals surface area contributed by atoms with E-state index in [4.69, 9.17) is 12.2 Å². The van der Waals surface area contributed by atoms with Gasteiger partial charge in [-0.25, -0.2) is 0 Å². The first-order valence-corrected chi connectivity index (χ1v) is 5.39. The predicted molar refractivity (Wildman–Crippen MR) is 65.3 cm³/mol. The lowest BCUT2D eigenvalue weighted by atomic mass is 10.0. The van der Waals surface area contributed by atoms with Gasteiger partial charge in [-0.15, -0.1) is 0 Å². The zero-order chi connectivity index (χ0) is 9.97. The van der Waals surface area contributed by atoms with Crippen LogP contribution in [0.3, 0.4) is 0 Å². The first kappa shape index (κ1) is 9.74. The molecule has 0 bridgehead atoms. The molecule has 1 aliphatic carbocycles. The number of aromatic nitrogens is 1. The number of rotatable bonds is 1. The van der Waals surface area contributed by atoms with Crippen molar-refractivity contribution in [3.63, 3.8) is 0 Å². The average molecular weight is 265 g/mol. The van der Waals surface area contributed by atoms with Gasteiger partial charge in [-0.2, -0.15) is 0 Å². The minimum Gasteiger partial charge on any atom is -0.256 e. The van der Waals surface area contributed by atoms with Gasteiger partial charge in [-0.1, -0.05) is 40.3 Å². The van der Waals surface area contributed by atoms with E-state index < -0.39 is 0 Å². The van der Waals surface area contributed by atoms with Crippen molar-refractivity contribution in [2.24, 2.45) is 0 Å². The van der Waals surface area contributed by atoms with Crippen molar-refractivity contribution in [3.8, 4) is 0 Å². The molecule has 0 saturated carbocycles. The van der Waals surface area contributed by atoms with Crippen molar-refractivity contribution in [1.82, 2.24) is 4.98 Å². The van der Waals surface area contributed by atoms with Gasteiger partial charge in [0, 0.05) is 27.5 Å². The second-order valence-electron chi connectivity index (χ2n) is 2.93. The fourth-order valence-electron chi connectivity index (χ4n) is 1.27. The van der Waals surface area contributed by atoms with Gasteiger partial charge in [0.2, 0.25) is 0 Å². The third kappa shape index (κ3) is 1.99. The number of halogens is 1. The summed E-state index contributed by atoms with van der Waals surface area (Å²) in [6.07, 6.45) is 6.52. The highest BCUT2D eigenvalue weighted by Crippen LogP contribution is 2.26. The maximum absolute atomic E-state index is 5.29. The number of hydrogen-bond donors (Lipinski definition) is 0. The van der Waals surface area contributed by atoms with Crippen molar-refractivity contribution in [2.75, 3.05) is 0 Å². The van der Waals surface area contributed by atoms with E-state index in [0.717, 1.165) is 27.0 Å². The van der Waals surface area contributed by atoms with Crippen molar-refractivity contribution in [1.29, 1.82) is 0 Å². The molecule has 1 radical (unpaired) electrons. The molecule has 0 unspecified atom stereocenters.